The van der Waals surface area contributed by atoms with Crippen molar-refractivity contribution in [1.82, 2.24) is 5.32 Å². The number of nitrogens with one attached hydrogen (secondary N) is 1. The Morgan fingerprint density at radius 3 is 2.45 bits per heavy atom. The van der Waals surface area contributed by atoms with Gasteiger partial charge in [0.1, 0.15) is 17.1 Å². The van der Waals surface area contributed by atoms with Gasteiger partial charge in [-0.2, -0.15) is 0 Å². The molecule has 1 unspecified atom stereocenters. The number of amides is 1. The van der Waals surface area contributed by atoms with Crippen LogP contribution in [0.5, 0.6) is 11.5 Å². The number of carbonyl (C=O) groups excluding carboxylic acids is 1. The molecule has 116 valence electrons. The summed E-state index contributed by atoms with van der Waals surface area (Å²) in [5.41, 5.74) is 0.199. The van der Waals surface area contributed by atoms with Crippen molar-refractivity contribution in [2.45, 2.75) is 13.0 Å². The smallest absolute Gasteiger partial charge is 0.256 e. The molecule has 6 heteroatoms. The van der Waals surface area contributed by atoms with Crippen LogP contribution >= 0.6 is 23.2 Å². The van der Waals surface area contributed by atoms with Crippen LogP contribution in [0.2, 0.25) is 10.0 Å². The molecule has 0 fully saturated rings. The largest absolute Gasteiger partial charge is 0.455 e. The standard InChI is InChI=1S/C16H15Cl2NO3/c1-10(20)9-19-16(21)15-12(18)6-4-8-14(15)22-13-7-3-2-5-11(13)17/h2-8,10,20H,9H2,1H3,(H,19,21). The highest BCUT2D eigenvalue weighted by atomic mass is 35.5. The molecule has 0 aliphatic carbocycles. The van der Waals surface area contributed by atoms with Crippen LogP contribution in [0.15, 0.2) is 42.5 Å². The van der Waals surface area contributed by atoms with E-state index in [1.54, 1.807) is 49.4 Å². The molecule has 1 atom stereocenters. The first-order valence-corrected chi connectivity index (χ1v) is 7.41. The van der Waals surface area contributed by atoms with Crippen LogP contribution in [-0.2, 0) is 0 Å². The van der Waals surface area contributed by atoms with Gasteiger partial charge in [-0.1, -0.05) is 41.4 Å². The van der Waals surface area contributed by atoms with Gasteiger partial charge >= 0.3 is 0 Å². The predicted octanol–water partition coefficient (Wildman–Crippen LogP) is 3.90. The molecule has 0 aliphatic rings. The maximum absolute atomic E-state index is 12.2. The van der Waals surface area contributed by atoms with Crippen molar-refractivity contribution in [3.63, 3.8) is 0 Å². The topological polar surface area (TPSA) is 58.6 Å². The second kappa shape index (κ2) is 7.49. The summed E-state index contributed by atoms with van der Waals surface area (Å²) in [4.78, 5) is 12.2. The van der Waals surface area contributed by atoms with Crippen molar-refractivity contribution in [3.05, 3.63) is 58.1 Å². The molecule has 0 spiro atoms. The van der Waals surface area contributed by atoms with Gasteiger partial charge in [0, 0.05) is 6.54 Å². The van der Waals surface area contributed by atoms with Gasteiger partial charge in [0.15, 0.2) is 0 Å². The molecule has 22 heavy (non-hydrogen) atoms. The molecule has 0 saturated carbocycles. The number of rotatable bonds is 5. The van der Waals surface area contributed by atoms with Crippen LogP contribution in [0.3, 0.4) is 0 Å². The minimum absolute atomic E-state index is 0.121. The van der Waals surface area contributed by atoms with E-state index in [1.165, 1.54) is 0 Å². The molecule has 2 rings (SSSR count). The Morgan fingerprint density at radius 1 is 1.14 bits per heavy atom. The van der Waals surface area contributed by atoms with Crippen molar-refractivity contribution in [1.29, 1.82) is 0 Å². The summed E-state index contributed by atoms with van der Waals surface area (Å²) >= 11 is 12.2. The number of aliphatic hydroxyl groups excluding tert-OH is 1. The predicted molar refractivity (Wildman–Crippen MR) is 87.0 cm³/mol. The molecule has 2 aromatic rings. The quantitative estimate of drug-likeness (QED) is 0.868. The van der Waals surface area contributed by atoms with Gasteiger partial charge < -0.3 is 15.2 Å². The summed E-state index contributed by atoms with van der Waals surface area (Å²) in [7, 11) is 0. The average Bonchev–Trinajstić information content (AvgIpc) is 2.47. The fourth-order valence-corrected chi connectivity index (χ4v) is 2.21. The molecule has 2 N–H and O–H groups in total. The molecule has 0 bridgehead atoms. The van der Waals surface area contributed by atoms with Crippen LogP contribution < -0.4 is 10.1 Å². The van der Waals surface area contributed by atoms with Crippen molar-refractivity contribution in [2.24, 2.45) is 0 Å². The highest BCUT2D eigenvalue weighted by molar-refractivity contribution is 6.34. The van der Waals surface area contributed by atoms with E-state index < -0.39 is 12.0 Å². The van der Waals surface area contributed by atoms with Crippen molar-refractivity contribution in [2.75, 3.05) is 6.54 Å². The maximum atomic E-state index is 12.2. The van der Waals surface area contributed by atoms with Crippen molar-refractivity contribution in [3.8, 4) is 11.5 Å². The van der Waals surface area contributed by atoms with Crippen LogP contribution in [0.4, 0.5) is 0 Å². The first kappa shape index (κ1) is 16.6. The number of ether oxygens (including phenoxy) is 1. The Kier molecular flexibility index (Phi) is 5.66. The summed E-state index contributed by atoms with van der Waals surface area (Å²) < 4.78 is 5.71. The number of benzene rings is 2. The molecule has 0 aromatic heterocycles. The SMILES string of the molecule is CC(O)CNC(=O)c1c(Cl)cccc1Oc1ccccc1Cl. The normalized spacial score (nSPS) is 11.8. The number of hydrogen-bond donors (Lipinski definition) is 2. The van der Waals surface area contributed by atoms with E-state index in [0.29, 0.717) is 16.5 Å². The fraction of sp³-hybridized carbons (Fsp3) is 0.188. The molecule has 1 amide bonds. The molecule has 2 aromatic carbocycles. The second-order valence-corrected chi connectivity index (χ2v) is 5.52. The summed E-state index contributed by atoms with van der Waals surface area (Å²) in [6.07, 6.45) is -0.653. The molecule has 0 aliphatic heterocycles. The zero-order chi connectivity index (χ0) is 16.1. The summed E-state index contributed by atoms with van der Waals surface area (Å²) in [5, 5.41) is 12.5. The molecule has 0 radical (unpaired) electrons. The third kappa shape index (κ3) is 4.13. The molecule has 0 saturated heterocycles. The van der Waals surface area contributed by atoms with E-state index in [4.69, 9.17) is 27.9 Å². The number of hydrogen-bond acceptors (Lipinski definition) is 3. The Hall–Kier alpha value is -1.75. The minimum Gasteiger partial charge on any atom is -0.455 e. The fourth-order valence-electron chi connectivity index (χ4n) is 1.78. The number of carbonyl (C=O) groups is 1. The van der Waals surface area contributed by atoms with Gasteiger partial charge in [0.25, 0.3) is 5.91 Å². The van der Waals surface area contributed by atoms with E-state index in [-0.39, 0.29) is 17.1 Å². The first-order valence-electron chi connectivity index (χ1n) is 6.66. The van der Waals surface area contributed by atoms with Crippen LogP contribution in [0.1, 0.15) is 17.3 Å². The zero-order valence-corrected chi connectivity index (χ0v) is 13.4. The van der Waals surface area contributed by atoms with Gasteiger partial charge in [-0.3, -0.25) is 4.79 Å². The molecular formula is C16H15Cl2NO3. The Balaban J connectivity index is 2.30. The summed E-state index contributed by atoms with van der Waals surface area (Å²) in [6.45, 7) is 1.70. The summed E-state index contributed by atoms with van der Waals surface area (Å²) in [5.74, 6) is 0.299. The van der Waals surface area contributed by atoms with Gasteiger partial charge in [0.2, 0.25) is 0 Å². The van der Waals surface area contributed by atoms with Gasteiger partial charge in [-0.25, -0.2) is 0 Å². The monoisotopic (exact) mass is 339 g/mol. The molecule has 4 nitrogen and oxygen atoms in total. The van der Waals surface area contributed by atoms with E-state index in [1.807, 2.05) is 0 Å². The van der Waals surface area contributed by atoms with Crippen LogP contribution in [0, 0.1) is 0 Å². The lowest BCUT2D eigenvalue weighted by Crippen LogP contribution is -2.31. The third-order valence-electron chi connectivity index (χ3n) is 2.82. The van der Waals surface area contributed by atoms with E-state index >= 15 is 0 Å². The van der Waals surface area contributed by atoms with E-state index in [9.17, 15) is 9.90 Å². The zero-order valence-electron chi connectivity index (χ0n) is 11.8. The Bertz CT molecular complexity index is 674. The van der Waals surface area contributed by atoms with Crippen LogP contribution in [-0.4, -0.2) is 23.7 Å². The highest BCUT2D eigenvalue weighted by Gasteiger charge is 2.18. The van der Waals surface area contributed by atoms with Gasteiger partial charge in [-0.05, 0) is 31.2 Å². The van der Waals surface area contributed by atoms with E-state index in [2.05, 4.69) is 5.32 Å². The lowest BCUT2D eigenvalue weighted by Gasteiger charge is -2.14. The first-order chi connectivity index (χ1) is 10.5. The lowest BCUT2D eigenvalue weighted by atomic mass is 10.1. The highest BCUT2D eigenvalue weighted by Crippen LogP contribution is 2.33. The summed E-state index contributed by atoms with van der Waals surface area (Å²) in [6, 6.07) is 11.8. The molecule has 0 heterocycles. The second-order valence-electron chi connectivity index (χ2n) is 4.70. The Labute approximate surface area is 138 Å². The number of para-hydroxylation sites is 1. The van der Waals surface area contributed by atoms with Crippen LogP contribution in [0.25, 0.3) is 0 Å². The van der Waals surface area contributed by atoms with Crippen molar-refractivity contribution >= 4 is 29.1 Å². The third-order valence-corrected chi connectivity index (χ3v) is 3.44. The molecular weight excluding hydrogens is 325 g/mol. The number of halogens is 2. The average molecular weight is 340 g/mol. The minimum atomic E-state index is -0.653. The number of aliphatic hydroxyl groups is 1. The Morgan fingerprint density at radius 2 is 1.77 bits per heavy atom. The van der Waals surface area contributed by atoms with Gasteiger partial charge in [0.05, 0.1) is 16.1 Å². The van der Waals surface area contributed by atoms with Gasteiger partial charge in [-0.15, -0.1) is 0 Å². The lowest BCUT2D eigenvalue weighted by molar-refractivity contribution is 0.0922. The van der Waals surface area contributed by atoms with E-state index in [0.717, 1.165) is 0 Å². The maximum Gasteiger partial charge on any atom is 0.256 e. The van der Waals surface area contributed by atoms with Crippen molar-refractivity contribution < 1.29 is 14.6 Å².